The van der Waals surface area contributed by atoms with Crippen molar-refractivity contribution < 1.29 is 51.5 Å². The second-order valence-corrected chi connectivity index (χ2v) is 17.5. The number of hydrogen-bond donors (Lipinski definition) is 3. The number of ether oxygens (including phenoxy) is 7. The van der Waals surface area contributed by atoms with Crippen LogP contribution in [-0.4, -0.2) is 122 Å². The third-order valence-electron chi connectivity index (χ3n) is 11.1. The standard InChI is InChI=1S/C48H63N3O11S/c1-36-8-18-43(19-9-36)63(54,55)50-44(32-38-6-4-3-5-7-38)47(53)49-33-39-10-16-42(17-11-39)48-61-45(37(2)46(62-48)41-14-12-40(35-52)13-15-41)34-51-20-22-56-24-26-58-28-30-60-31-29-59-27-25-57-23-21-51/h3-19,37,44-46,48,50,52H,20-35H2,1-2H3,(H,49,53). The molecule has 5 atom stereocenters. The Kier molecular flexibility index (Phi) is 19.5. The van der Waals surface area contributed by atoms with Gasteiger partial charge >= 0.3 is 0 Å². The molecule has 342 valence electrons. The van der Waals surface area contributed by atoms with Crippen LogP contribution in [0.3, 0.4) is 0 Å². The number of benzene rings is 4. The Morgan fingerprint density at radius 3 is 1.79 bits per heavy atom. The first-order valence-electron chi connectivity index (χ1n) is 21.8. The van der Waals surface area contributed by atoms with E-state index in [1.54, 1.807) is 12.1 Å². The summed E-state index contributed by atoms with van der Waals surface area (Å²) < 4.78 is 71.7. The molecule has 5 unspecified atom stereocenters. The lowest BCUT2D eigenvalue weighted by molar-refractivity contribution is -0.276. The van der Waals surface area contributed by atoms with Crippen molar-refractivity contribution in [3.05, 3.63) is 137 Å². The molecule has 2 saturated heterocycles. The summed E-state index contributed by atoms with van der Waals surface area (Å²) >= 11 is 0. The number of aliphatic hydroxyl groups excluding tert-OH is 1. The second-order valence-electron chi connectivity index (χ2n) is 15.8. The number of aliphatic hydroxyl groups is 1. The first kappa shape index (κ1) is 48.4. The van der Waals surface area contributed by atoms with Crippen LogP contribution in [0, 0.1) is 12.8 Å². The van der Waals surface area contributed by atoms with E-state index in [1.165, 1.54) is 12.1 Å². The highest BCUT2D eigenvalue weighted by molar-refractivity contribution is 7.89. The minimum absolute atomic E-state index is 0.0399. The lowest BCUT2D eigenvalue weighted by Crippen LogP contribution is -2.47. The van der Waals surface area contributed by atoms with E-state index in [1.807, 2.05) is 85.8 Å². The fourth-order valence-electron chi connectivity index (χ4n) is 7.36. The Morgan fingerprint density at radius 2 is 1.22 bits per heavy atom. The number of hydrogen-bond acceptors (Lipinski definition) is 12. The Hall–Kier alpha value is -4.10. The van der Waals surface area contributed by atoms with Gasteiger partial charge in [-0.1, -0.05) is 103 Å². The van der Waals surface area contributed by atoms with Crippen LogP contribution < -0.4 is 10.0 Å². The van der Waals surface area contributed by atoms with E-state index in [-0.39, 0.29) is 42.6 Å². The predicted molar refractivity (Wildman–Crippen MR) is 237 cm³/mol. The molecule has 2 aliphatic rings. The Bertz CT molecular complexity index is 2020. The largest absolute Gasteiger partial charge is 0.392 e. The van der Waals surface area contributed by atoms with Crippen LogP contribution in [0.5, 0.6) is 0 Å². The van der Waals surface area contributed by atoms with Crippen molar-refractivity contribution in [1.29, 1.82) is 0 Å². The van der Waals surface area contributed by atoms with Crippen molar-refractivity contribution in [2.75, 3.05) is 85.7 Å². The summed E-state index contributed by atoms with van der Waals surface area (Å²) in [6.07, 6.45) is -1.07. The van der Waals surface area contributed by atoms with Gasteiger partial charge in [-0.15, -0.1) is 0 Å². The minimum Gasteiger partial charge on any atom is -0.392 e. The van der Waals surface area contributed by atoms with Crippen LogP contribution in [-0.2, 0) is 67.5 Å². The molecular formula is C48H63N3O11S. The maximum absolute atomic E-state index is 13.7. The number of carbonyl (C=O) groups is 1. The van der Waals surface area contributed by atoms with E-state index in [0.717, 1.165) is 33.4 Å². The maximum atomic E-state index is 13.7. The van der Waals surface area contributed by atoms with E-state index in [0.29, 0.717) is 85.7 Å². The number of carbonyl (C=O) groups excluding carboxylic acids is 1. The van der Waals surface area contributed by atoms with Gasteiger partial charge in [0.1, 0.15) is 6.04 Å². The maximum Gasteiger partial charge on any atom is 0.241 e. The first-order valence-corrected chi connectivity index (χ1v) is 23.3. The van der Waals surface area contributed by atoms with Crippen LogP contribution in [0.1, 0.15) is 52.7 Å². The van der Waals surface area contributed by atoms with Gasteiger partial charge in [-0.2, -0.15) is 4.72 Å². The van der Waals surface area contributed by atoms with Gasteiger partial charge in [0.15, 0.2) is 6.29 Å². The zero-order valence-corrected chi connectivity index (χ0v) is 37.2. The normalized spacial score (nSPS) is 22.3. The number of nitrogens with one attached hydrogen (secondary N) is 2. The highest BCUT2D eigenvalue weighted by atomic mass is 32.2. The van der Waals surface area contributed by atoms with E-state index in [4.69, 9.17) is 33.2 Å². The minimum atomic E-state index is -3.98. The topological polar surface area (TPSA) is 163 Å². The molecule has 2 heterocycles. The third kappa shape index (κ3) is 15.5. The molecule has 4 aromatic carbocycles. The Labute approximate surface area is 372 Å². The monoisotopic (exact) mass is 889 g/mol. The molecule has 0 spiro atoms. The zero-order valence-electron chi connectivity index (χ0n) is 36.4. The molecular weight excluding hydrogens is 827 g/mol. The van der Waals surface area contributed by atoms with Gasteiger partial charge in [-0.05, 0) is 47.7 Å². The average molecular weight is 890 g/mol. The van der Waals surface area contributed by atoms with E-state index in [2.05, 4.69) is 21.9 Å². The Balaban J connectivity index is 1.13. The fraction of sp³-hybridized carbons (Fsp3) is 0.479. The molecule has 63 heavy (non-hydrogen) atoms. The number of sulfonamides is 1. The molecule has 4 aromatic rings. The summed E-state index contributed by atoms with van der Waals surface area (Å²) in [5.41, 5.74) is 5.18. The van der Waals surface area contributed by atoms with Crippen LogP contribution in [0.15, 0.2) is 108 Å². The van der Waals surface area contributed by atoms with Crippen molar-refractivity contribution in [2.24, 2.45) is 5.92 Å². The van der Waals surface area contributed by atoms with Gasteiger partial charge in [0, 0.05) is 37.7 Å². The smallest absolute Gasteiger partial charge is 0.241 e. The van der Waals surface area contributed by atoms with Crippen molar-refractivity contribution >= 4 is 15.9 Å². The SMILES string of the molecule is Cc1ccc(S(=O)(=O)NC(Cc2ccccc2)C(=O)NCc2ccc(C3OC(CN4CCOCCOCCOCCOCCOCC4)C(C)C(c4ccc(CO)cc4)O3)cc2)cc1. The molecule has 15 heteroatoms. The van der Waals surface area contributed by atoms with Gasteiger partial charge in [-0.3, -0.25) is 9.69 Å². The predicted octanol–water partition coefficient (Wildman–Crippen LogP) is 4.88. The van der Waals surface area contributed by atoms with Crippen molar-refractivity contribution in [2.45, 2.75) is 62.9 Å². The molecule has 3 N–H and O–H groups in total. The van der Waals surface area contributed by atoms with Gasteiger partial charge in [0.05, 0.1) is 89.8 Å². The van der Waals surface area contributed by atoms with Crippen molar-refractivity contribution in [3.8, 4) is 0 Å². The zero-order chi connectivity index (χ0) is 44.3. The summed E-state index contributed by atoms with van der Waals surface area (Å²) in [6, 6.07) is 30.3. The van der Waals surface area contributed by atoms with Gasteiger partial charge in [-0.25, -0.2) is 8.42 Å². The highest BCUT2D eigenvalue weighted by Crippen LogP contribution is 2.42. The van der Waals surface area contributed by atoms with Gasteiger partial charge < -0.3 is 43.6 Å². The summed E-state index contributed by atoms with van der Waals surface area (Å²) in [4.78, 5) is 16.1. The number of rotatable bonds is 13. The first-order chi connectivity index (χ1) is 30.7. The van der Waals surface area contributed by atoms with Gasteiger partial charge in [0.2, 0.25) is 15.9 Å². The van der Waals surface area contributed by atoms with E-state index >= 15 is 0 Å². The van der Waals surface area contributed by atoms with Crippen LogP contribution in [0.25, 0.3) is 0 Å². The van der Waals surface area contributed by atoms with E-state index < -0.39 is 28.3 Å². The quantitative estimate of drug-likeness (QED) is 0.167. The molecule has 2 aliphatic heterocycles. The summed E-state index contributed by atoms with van der Waals surface area (Å²) in [5.74, 6) is -0.483. The van der Waals surface area contributed by atoms with Crippen LogP contribution in [0.2, 0.25) is 0 Å². The number of amides is 1. The molecule has 0 saturated carbocycles. The van der Waals surface area contributed by atoms with Crippen LogP contribution >= 0.6 is 0 Å². The summed E-state index contributed by atoms with van der Waals surface area (Å²) in [5, 5.41) is 12.7. The lowest BCUT2D eigenvalue weighted by Gasteiger charge is -2.43. The number of aryl methyl sites for hydroxylation is 1. The van der Waals surface area contributed by atoms with Gasteiger partial charge in [0.25, 0.3) is 0 Å². The molecule has 14 nitrogen and oxygen atoms in total. The molecule has 0 radical (unpaired) electrons. The fourth-order valence-corrected chi connectivity index (χ4v) is 8.56. The summed E-state index contributed by atoms with van der Waals surface area (Å²) in [6.45, 7) is 11.0. The molecule has 2 fully saturated rings. The number of nitrogens with zero attached hydrogens (tertiary/aromatic N) is 1. The lowest BCUT2D eigenvalue weighted by atomic mass is 9.90. The van der Waals surface area contributed by atoms with E-state index in [9.17, 15) is 18.3 Å². The highest BCUT2D eigenvalue weighted by Gasteiger charge is 2.39. The molecule has 1 amide bonds. The molecule has 0 bridgehead atoms. The van der Waals surface area contributed by atoms with Crippen molar-refractivity contribution in [3.63, 3.8) is 0 Å². The summed E-state index contributed by atoms with van der Waals surface area (Å²) in [7, 11) is -3.98. The van der Waals surface area contributed by atoms with Crippen LogP contribution in [0.4, 0.5) is 0 Å². The molecule has 0 aliphatic carbocycles. The Morgan fingerprint density at radius 1 is 0.683 bits per heavy atom. The second kappa shape index (κ2) is 25.4. The van der Waals surface area contributed by atoms with Crippen molar-refractivity contribution in [1.82, 2.24) is 14.9 Å². The molecule has 6 rings (SSSR count). The third-order valence-corrected chi connectivity index (χ3v) is 12.6. The molecule has 0 aromatic heterocycles. The average Bonchev–Trinajstić information content (AvgIpc) is 3.30.